The van der Waals surface area contributed by atoms with Gasteiger partial charge < -0.3 is 21.0 Å². The van der Waals surface area contributed by atoms with Gasteiger partial charge in [-0.3, -0.25) is 4.79 Å². The first kappa shape index (κ1) is 13.2. The van der Waals surface area contributed by atoms with Crippen LogP contribution in [0.3, 0.4) is 0 Å². The van der Waals surface area contributed by atoms with E-state index in [1.807, 2.05) is 6.20 Å². The number of aryl methyl sites for hydroxylation is 1. The Morgan fingerprint density at radius 1 is 1.24 bits per heavy atom. The fraction of sp³-hybridized carbons (Fsp3) is 0.214. The first-order valence-corrected chi connectivity index (χ1v) is 6.73. The molecule has 2 aromatic heterocycles. The average molecular weight is 284 g/mol. The molecule has 1 aromatic carbocycles. The van der Waals surface area contributed by atoms with E-state index in [9.17, 15) is 4.79 Å². The predicted octanol–water partition coefficient (Wildman–Crippen LogP) is 1.27. The highest BCUT2D eigenvalue weighted by molar-refractivity contribution is 5.88. The summed E-state index contributed by atoms with van der Waals surface area (Å²) in [7, 11) is 0. The van der Waals surface area contributed by atoms with E-state index in [-0.39, 0.29) is 5.56 Å². The summed E-state index contributed by atoms with van der Waals surface area (Å²) in [6, 6.07) is 3.45. The molecule has 0 fully saturated rings. The van der Waals surface area contributed by atoms with Crippen LogP contribution in [-0.4, -0.2) is 26.5 Å². The molecule has 2 heterocycles. The molecule has 3 aromatic rings. The van der Waals surface area contributed by atoms with Crippen molar-refractivity contribution >= 4 is 22.3 Å². The van der Waals surface area contributed by atoms with Gasteiger partial charge in [-0.25, -0.2) is 9.97 Å². The van der Waals surface area contributed by atoms with E-state index in [1.54, 1.807) is 18.3 Å². The van der Waals surface area contributed by atoms with Crippen molar-refractivity contribution in [1.29, 1.82) is 0 Å². The fourth-order valence-corrected chi connectivity index (χ4v) is 2.20. The quantitative estimate of drug-likeness (QED) is 0.416. The molecule has 108 valence electrons. The Kier molecular flexibility index (Phi) is 3.55. The number of benzene rings is 1. The largest absolute Gasteiger partial charge is 0.397 e. The number of aromatic amines is 2. The minimum atomic E-state index is -0.184. The number of nitrogens with zero attached hydrogens (tertiary/aromatic N) is 2. The van der Waals surface area contributed by atoms with Crippen molar-refractivity contribution in [2.24, 2.45) is 0 Å². The van der Waals surface area contributed by atoms with E-state index in [2.05, 4.69) is 25.3 Å². The number of nitrogens with two attached hydrogens (primary N) is 1. The zero-order chi connectivity index (χ0) is 14.7. The van der Waals surface area contributed by atoms with Crippen molar-refractivity contribution < 1.29 is 0 Å². The van der Waals surface area contributed by atoms with Crippen LogP contribution in [0.15, 0.2) is 35.6 Å². The lowest BCUT2D eigenvalue weighted by atomic mass is 10.2. The van der Waals surface area contributed by atoms with Gasteiger partial charge in [0.2, 0.25) is 0 Å². The van der Waals surface area contributed by atoms with E-state index in [1.165, 1.54) is 6.33 Å². The van der Waals surface area contributed by atoms with Crippen LogP contribution < -0.4 is 16.6 Å². The van der Waals surface area contributed by atoms with E-state index in [0.29, 0.717) is 16.6 Å². The Balaban J connectivity index is 1.69. The van der Waals surface area contributed by atoms with Crippen LogP contribution in [0.4, 0.5) is 11.4 Å². The van der Waals surface area contributed by atoms with Gasteiger partial charge in [0.25, 0.3) is 5.56 Å². The lowest BCUT2D eigenvalue weighted by Crippen LogP contribution is -2.09. The zero-order valence-electron chi connectivity index (χ0n) is 11.4. The van der Waals surface area contributed by atoms with Crippen LogP contribution in [0.5, 0.6) is 0 Å². The van der Waals surface area contributed by atoms with Crippen molar-refractivity contribution in [3.8, 4) is 0 Å². The van der Waals surface area contributed by atoms with Crippen molar-refractivity contribution in [3.05, 3.63) is 47.0 Å². The standard InChI is InChI=1S/C14H16N6O/c15-10-6-9-11(19-8-20-14(9)21)7-12(10)16-3-1-2-13-17-4-5-18-13/h4-8,16H,1-3,15H2,(H,17,18)(H,19,20,21). The highest BCUT2D eigenvalue weighted by atomic mass is 16.1. The van der Waals surface area contributed by atoms with Gasteiger partial charge >= 0.3 is 0 Å². The average Bonchev–Trinajstić information content (AvgIpc) is 2.98. The smallest absolute Gasteiger partial charge is 0.258 e. The van der Waals surface area contributed by atoms with Crippen LogP contribution in [0, 0.1) is 0 Å². The van der Waals surface area contributed by atoms with Gasteiger partial charge in [-0.2, -0.15) is 0 Å². The molecular weight excluding hydrogens is 268 g/mol. The molecule has 21 heavy (non-hydrogen) atoms. The number of hydrogen-bond donors (Lipinski definition) is 4. The summed E-state index contributed by atoms with van der Waals surface area (Å²) >= 11 is 0. The van der Waals surface area contributed by atoms with Crippen molar-refractivity contribution in [2.75, 3.05) is 17.6 Å². The maximum Gasteiger partial charge on any atom is 0.258 e. The van der Waals surface area contributed by atoms with Gasteiger partial charge in [0.15, 0.2) is 0 Å². The topological polar surface area (TPSA) is 112 Å². The van der Waals surface area contributed by atoms with Gasteiger partial charge in [0.05, 0.1) is 28.6 Å². The summed E-state index contributed by atoms with van der Waals surface area (Å²) in [6.07, 6.45) is 6.74. The predicted molar refractivity (Wildman–Crippen MR) is 82.2 cm³/mol. The number of fused-ring (bicyclic) bond motifs is 1. The Morgan fingerprint density at radius 3 is 2.95 bits per heavy atom. The number of nitrogen functional groups attached to an aromatic ring is 1. The molecule has 0 unspecified atom stereocenters. The van der Waals surface area contributed by atoms with Gasteiger partial charge in [0.1, 0.15) is 5.82 Å². The lowest BCUT2D eigenvalue weighted by molar-refractivity contribution is 0.817. The number of hydrogen-bond acceptors (Lipinski definition) is 5. The lowest BCUT2D eigenvalue weighted by Gasteiger charge is -2.09. The monoisotopic (exact) mass is 284 g/mol. The molecule has 0 aliphatic rings. The number of H-pyrrole nitrogens is 2. The SMILES string of the molecule is Nc1cc2c(=O)[nH]cnc2cc1NCCCc1ncc[nH]1. The Hall–Kier alpha value is -2.83. The second-order valence-electron chi connectivity index (χ2n) is 4.75. The molecule has 0 atom stereocenters. The summed E-state index contributed by atoms with van der Waals surface area (Å²) in [5.74, 6) is 0.969. The molecule has 0 aliphatic heterocycles. The molecule has 7 heteroatoms. The minimum absolute atomic E-state index is 0.184. The van der Waals surface area contributed by atoms with Crippen LogP contribution in [0.25, 0.3) is 10.9 Å². The third kappa shape index (κ3) is 2.86. The second-order valence-corrected chi connectivity index (χ2v) is 4.75. The first-order chi connectivity index (χ1) is 10.2. The Labute approximate surface area is 120 Å². The summed E-state index contributed by atoms with van der Waals surface area (Å²) in [6.45, 7) is 0.763. The van der Waals surface area contributed by atoms with Crippen LogP contribution in [0.2, 0.25) is 0 Å². The Bertz CT molecular complexity index is 793. The molecule has 0 saturated heterocycles. The molecule has 7 nitrogen and oxygen atoms in total. The van der Waals surface area contributed by atoms with Gasteiger partial charge in [-0.1, -0.05) is 0 Å². The zero-order valence-corrected chi connectivity index (χ0v) is 11.4. The van der Waals surface area contributed by atoms with Crippen LogP contribution in [-0.2, 0) is 6.42 Å². The Morgan fingerprint density at radius 2 is 2.14 bits per heavy atom. The van der Waals surface area contributed by atoms with Crippen LogP contribution >= 0.6 is 0 Å². The maximum atomic E-state index is 11.7. The van der Waals surface area contributed by atoms with Gasteiger partial charge in [-0.05, 0) is 18.6 Å². The molecular formula is C14H16N6O. The van der Waals surface area contributed by atoms with E-state index >= 15 is 0 Å². The molecule has 3 rings (SSSR count). The third-order valence-electron chi connectivity index (χ3n) is 3.27. The number of nitrogens with one attached hydrogen (secondary N) is 3. The van der Waals surface area contributed by atoms with Crippen molar-refractivity contribution in [2.45, 2.75) is 12.8 Å². The second kappa shape index (κ2) is 5.66. The highest BCUT2D eigenvalue weighted by Gasteiger charge is 2.05. The number of anilines is 2. The third-order valence-corrected chi connectivity index (χ3v) is 3.27. The van der Waals surface area contributed by atoms with Gasteiger partial charge in [0, 0.05) is 25.4 Å². The molecule has 0 aliphatic carbocycles. The molecule has 0 bridgehead atoms. The molecule has 0 spiro atoms. The van der Waals surface area contributed by atoms with E-state index in [0.717, 1.165) is 30.9 Å². The summed E-state index contributed by atoms with van der Waals surface area (Å²) in [5.41, 5.74) is 7.75. The fourth-order valence-electron chi connectivity index (χ4n) is 2.20. The number of aromatic nitrogens is 4. The summed E-state index contributed by atoms with van der Waals surface area (Å²) < 4.78 is 0. The van der Waals surface area contributed by atoms with E-state index in [4.69, 9.17) is 5.73 Å². The van der Waals surface area contributed by atoms with E-state index < -0.39 is 0 Å². The number of imidazole rings is 1. The molecule has 0 radical (unpaired) electrons. The number of rotatable bonds is 5. The van der Waals surface area contributed by atoms with Crippen molar-refractivity contribution in [3.63, 3.8) is 0 Å². The molecule has 0 amide bonds. The minimum Gasteiger partial charge on any atom is -0.397 e. The van der Waals surface area contributed by atoms with Crippen LogP contribution in [0.1, 0.15) is 12.2 Å². The maximum absolute atomic E-state index is 11.7. The molecule has 0 saturated carbocycles. The highest BCUT2D eigenvalue weighted by Crippen LogP contribution is 2.22. The summed E-state index contributed by atoms with van der Waals surface area (Å²) in [5, 5.41) is 3.76. The van der Waals surface area contributed by atoms with Crippen molar-refractivity contribution in [1.82, 2.24) is 19.9 Å². The normalized spacial score (nSPS) is 10.9. The first-order valence-electron chi connectivity index (χ1n) is 6.73. The van der Waals surface area contributed by atoms with Gasteiger partial charge in [-0.15, -0.1) is 0 Å². The summed E-state index contributed by atoms with van der Waals surface area (Å²) in [4.78, 5) is 25.6. The molecule has 5 N–H and O–H groups in total.